The Balaban J connectivity index is 2.24. The highest BCUT2D eigenvalue weighted by atomic mass is 35.5. The van der Waals surface area contributed by atoms with Crippen molar-refractivity contribution in [1.82, 2.24) is 10.3 Å². The van der Waals surface area contributed by atoms with Crippen LogP contribution in [-0.4, -0.2) is 16.6 Å². The Morgan fingerprint density at radius 3 is 2.78 bits per heavy atom. The number of aldehydes is 1. The normalized spacial score (nSPS) is 10.4. The van der Waals surface area contributed by atoms with Gasteiger partial charge in [0.2, 0.25) is 0 Å². The van der Waals surface area contributed by atoms with Crippen molar-refractivity contribution in [3.63, 3.8) is 0 Å². The van der Waals surface area contributed by atoms with Crippen molar-refractivity contribution in [2.24, 2.45) is 0 Å². The Morgan fingerprint density at radius 2 is 2.17 bits per heavy atom. The SMILES string of the molecule is Cc1cc(Cl)cc(C=O)c1OCc1nonc1C. The van der Waals surface area contributed by atoms with Gasteiger partial charge in [0.15, 0.2) is 6.29 Å². The molecular weight excluding hydrogens is 256 g/mol. The van der Waals surface area contributed by atoms with Crippen molar-refractivity contribution >= 4 is 17.9 Å². The van der Waals surface area contributed by atoms with Gasteiger partial charge in [-0.15, -0.1) is 0 Å². The number of aryl methyl sites for hydroxylation is 2. The van der Waals surface area contributed by atoms with Crippen molar-refractivity contribution in [2.45, 2.75) is 20.5 Å². The summed E-state index contributed by atoms with van der Waals surface area (Å²) in [5.74, 6) is 0.497. The second kappa shape index (κ2) is 5.18. The minimum absolute atomic E-state index is 0.193. The zero-order valence-corrected chi connectivity index (χ0v) is 10.7. The van der Waals surface area contributed by atoms with Crippen molar-refractivity contribution in [3.05, 3.63) is 39.7 Å². The number of aromatic nitrogens is 2. The molecule has 0 radical (unpaired) electrons. The van der Waals surface area contributed by atoms with Crippen LogP contribution in [0.25, 0.3) is 0 Å². The lowest BCUT2D eigenvalue weighted by Gasteiger charge is -2.10. The molecule has 5 nitrogen and oxygen atoms in total. The summed E-state index contributed by atoms with van der Waals surface area (Å²) in [6, 6.07) is 3.29. The Labute approximate surface area is 109 Å². The molecule has 0 unspecified atom stereocenters. The fraction of sp³-hybridized carbons (Fsp3) is 0.250. The summed E-state index contributed by atoms with van der Waals surface area (Å²) in [5.41, 5.74) is 2.46. The van der Waals surface area contributed by atoms with E-state index in [-0.39, 0.29) is 6.61 Å². The van der Waals surface area contributed by atoms with Gasteiger partial charge >= 0.3 is 0 Å². The van der Waals surface area contributed by atoms with Crippen LogP contribution in [0.1, 0.15) is 27.3 Å². The minimum atomic E-state index is 0.193. The van der Waals surface area contributed by atoms with E-state index in [1.54, 1.807) is 19.1 Å². The molecule has 0 aliphatic heterocycles. The number of halogens is 1. The van der Waals surface area contributed by atoms with Crippen LogP contribution in [0.5, 0.6) is 5.75 Å². The fourth-order valence-corrected chi connectivity index (χ4v) is 1.84. The van der Waals surface area contributed by atoms with Crippen LogP contribution < -0.4 is 4.74 Å². The van der Waals surface area contributed by atoms with E-state index < -0.39 is 0 Å². The van der Waals surface area contributed by atoms with Crippen molar-refractivity contribution < 1.29 is 14.2 Å². The van der Waals surface area contributed by atoms with E-state index >= 15 is 0 Å². The lowest BCUT2D eigenvalue weighted by Crippen LogP contribution is -2.02. The average molecular weight is 267 g/mol. The molecule has 0 bridgehead atoms. The van der Waals surface area contributed by atoms with Crippen LogP contribution in [0.3, 0.4) is 0 Å². The summed E-state index contributed by atoms with van der Waals surface area (Å²) in [7, 11) is 0. The van der Waals surface area contributed by atoms with Gasteiger partial charge in [-0.2, -0.15) is 0 Å². The van der Waals surface area contributed by atoms with Gasteiger partial charge in [-0.25, -0.2) is 4.63 Å². The molecular formula is C12H11ClN2O3. The van der Waals surface area contributed by atoms with Crippen molar-refractivity contribution in [2.75, 3.05) is 0 Å². The number of rotatable bonds is 4. The quantitative estimate of drug-likeness (QED) is 0.796. The van der Waals surface area contributed by atoms with Gasteiger partial charge in [0.25, 0.3) is 0 Å². The number of benzene rings is 1. The second-order valence-electron chi connectivity index (χ2n) is 3.84. The first-order valence-corrected chi connectivity index (χ1v) is 5.65. The molecule has 0 aliphatic carbocycles. The maximum absolute atomic E-state index is 11.0. The third-order valence-electron chi connectivity index (χ3n) is 2.49. The number of ether oxygens (including phenoxy) is 1. The summed E-state index contributed by atoms with van der Waals surface area (Å²) < 4.78 is 10.2. The third kappa shape index (κ3) is 2.51. The largest absolute Gasteiger partial charge is 0.486 e. The first kappa shape index (κ1) is 12.6. The van der Waals surface area contributed by atoms with E-state index in [1.165, 1.54) is 0 Å². The monoisotopic (exact) mass is 266 g/mol. The minimum Gasteiger partial charge on any atom is -0.486 e. The van der Waals surface area contributed by atoms with Crippen LogP contribution in [0.4, 0.5) is 0 Å². The number of carbonyl (C=O) groups is 1. The molecule has 0 aliphatic rings. The summed E-state index contributed by atoms with van der Waals surface area (Å²) in [6.07, 6.45) is 0.710. The molecule has 0 atom stereocenters. The topological polar surface area (TPSA) is 65.2 Å². The number of hydrogen-bond acceptors (Lipinski definition) is 5. The molecule has 0 N–H and O–H groups in total. The highest BCUT2D eigenvalue weighted by Crippen LogP contribution is 2.27. The van der Waals surface area contributed by atoms with Crippen molar-refractivity contribution in [3.8, 4) is 5.75 Å². The smallest absolute Gasteiger partial charge is 0.153 e. The van der Waals surface area contributed by atoms with E-state index in [1.807, 2.05) is 6.92 Å². The Kier molecular flexibility index (Phi) is 3.62. The van der Waals surface area contributed by atoms with E-state index in [0.29, 0.717) is 34.0 Å². The van der Waals surface area contributed by atoms with Gasteiger partial charge < -0.3 is 4.74 Å². The zero-order chi connectivity index (χ0) is 13.1. The summed E-state index contributed by atoms with van der Waals surface area (Å²) >= 11 is 5.87. The van der Waals surface area contributed by atoms with Gasteiger partial charge in [0, 0.05) is 5.02 Å². The first-order chi connectivity index (χ1) is 8.61. The van der Waals surface area contributed by atoms with Crippen LogP contribution >= 0.6 is 11.6 Å². The Bertz CT molecular complexity index is 581. The molecule has 0 fully saturated rings. The molecule has 6 heteroatoms. The van der Waals surface area contributed by atoms with Crippen LogP contribution in [0.2, 0.25) is 5.02 Å². The van der Waals surface area contributed by atoms with Gasteiger partial charge in [-0.05, 0) is 31.5 Å². The van der Waals surface area contributed by atoms with Gasteiger partial charge in [0.1, 0.15) is 23.7 Å². The van der Waals surface area contributed by atoms with Crippen molar-refractivity contribution in [1.29, 1.82) is 0 Å². The van der Waals surface area contributed by atoms with Gasteiger partial charge in [0.05, 0.1) is 5.56 Å². The fourth-order valence-electron chi connectivity index (χ4n) is 1.56. The molecule has 0 amide bonds. The van der Waals surface area contributed by atoms with Crippen LogP contribution in [0, 0.1) is 13.8 Å². The summed E-state index contributed by atoms with van der Waals surface area (Å²) in [4.78, 5) is 11.0. The Morgan fingerprint density at radius 1 is 1.39 bits per heavy atom. The predicted molar refractivity (Wildman–Crippen MR) is 64.9 cm³/mol. The second-order valence-corrected chi connectivity index (χ2v) is 4.28. The molecule has 2 rings (SSSR count). The standard InChI is InChI=1S/C12H11ClN2O3/c1-7-3-10(13)4-9(5-16)12(7)17-6-11-8(2)14-18-15-11/h3-5H,6H2,1-2H3. The first-order valence-electron chi connectivity index (χ1n) is 5.28. The Hall–Kier alpha value is -1.88. The van der Waals surface area contributed by atoms with Gasteiger partial charge in [-0.3, -0.25) is 4.79 Å². The molecule has 1 aromatic carbocycles. The molecule has 94 valence electrons. The van der Waals surface area contributed by atoms with E-state index in [2.05, 4.69) is 14.9 Å². The summed E-state index contributed by atoms with van der Waals surface area (Å²) in [5, 5.41) is 7.86. The molecule has 2 aromatic rings. The van der Waals surface area contributed by atoms with Crippen LogP contribution in [0.15, 0.2) is 16.8 Å². The van der Waals surface area contributed by atoms with E-state index in [9.17, 15) is 4.79 Å². The predicted octanol–water partition coefficient (Wildman–Crippen LogP) is 2.73. The molecule has 0 saturated heterocycles. The lowest BCUT2D eigenvalue weighted by atomic mass is 10.1. The van der Waals surface area contributed by atoms with E-state index in [4.69, 9.17) is 16.3 Å². The lowest BCUT2D eigenvalue weighted by molar-refractivity contribution is 0.111. The number of hydrogen-bond donors (Lipinski definition) is 0. The number of carbonyl (C=O) groups excluding carboxylic acids is 1. The molecule has 0 spiro atoms. The molecule has 1 aromatic heterocycles. The van der Waals surface area contributed by atoms with Gasteiger partial charge in [-0.1, -0.05) is 21.9 Å². The zero-order valence-electron chi connectivity index (χ0n) is 9.94. The maximum atomic E-state index is 11.0. The highest BCUT2D eigenvalue weighted by molar-refractivity contribution is 6.31. The highest BCUT2D eigenvalue weighted by Gasteiger charge is 2.11. The van der Waals surface area contributed by atoms with Crippen LogP contribution in [-0.2, 0) is 6.61 Å². The summed E-state index contributed by atoms with van der Waals surface area (Å²) in [6.45, 7) is 3.78. The molecule has 18 heavy (non-hydrogen) atoms. The molecule has 1 heterocycles. The third-order valence-corrected chi connectivity index (χ3v) is 2.71. The maximum Gasteiger partial charge on any atom is 0.153 e. The average Bonchev–Trinajstić information content (AvgIpc) is 2.73. The van der Waals surface area contributed by atoms with E-state index in [0.717, 1.165) is 5.56 Å². The number of nitrogens with zero attached hydrogens (tertiary/aromatic N) is 2. The molecule has 0 saturated carbocycles.